The average molecular weight is 325 g/mol. The number of nitrogen functional groups attached to an aromatic ring is 1. The van der Waals surface area contributed by atoms with Crippen molar-refractivity contribution in [1.29, 1.82) is 0 Å². The van der Waals surface area contributed by atoms with Gasteiger partial charge in [-0.15, -0.1) is 11.8 Å². The van der Waals surface area contributed by atoms with Gasteiger partial charge in [0.1, 0.15) is 16.5 Å². The Kier molecular flexibility index (Phi) is 3.99. The van der Waals surface area contributed by atoms with Crippen molar-refractivity contribution in [1.82, 2.24) is 0 Å². The van der Waals surface area contributed by atoms with E-state index < -0.39 is 22.4 Å². The first-order valence-electron chi connectivity index (χ1n) is 6.41. The Morgan fingerprint density at radius 2 is 1.90 bits per heavy atom. The van der Waals surface area contributed by atoms with Gasteiger partial charge in [-0.1, -0.05) is 18.2 Å². The number of fused-ring (bicyclic) bond motifs is 1. The first-order valence-corrected chi connectivity index (χ1v) is 8.71. The molecule has 0 aliphatic carbocycles. The van der Waals surface area contributed by atoms with Crippen LogP contribution in [0.2, 0.25) is 0 Å². The lowest BCUT2D eigenvalue weighted by Crippen LogP contribution is -2.12. The van der Waals surface area contributed by atoms with Crippen LogP contribution in [-0.2, 0) is 10.8 Å². The number of halogens is 2. The van der Waals surface area contributed by atoms with E-state index in [1.165, 1.54) is 0 Å². The minimum atomic E-state index is -1.73. The molecule has 2 aromatic carbocycles. The molecule has 1 aliphatic rings. The van der Waals surface area contributed by atoms with Crippen LogP contribution in [0.5, 0.6) is 0 Å². The zero-order valence-corrected chi connectivity index (χ0v) is 12.6. The second kappa shape index (κ2) is 5.77. The summed E-state index contributed by atoms with van der Waals surface area (Å²) < 4.78 is 40.0. The predicted octanol–water partition coefficient (Wildman–Crippen LogP) is 3.54. The molecule has 21 heavy (non-hydrogen) atoms. The maximum Gasteiger partial charge on any atom is 0.144 e. The number of rotatable bonds is 3. The lowest BCUT2D eigenvalue weighted by Gasteiger charge is -2.12. The molecule has 2 N–H and O–H groups in total. The molecular weight excluding hydrogens is 312 g/mol. The SMILES string of the molecule is Nc1cc(F)c(S(=O)CC2CSc3ccccc32)c(F)c1. The van der Waals surface area contributed by atoms with Crippen LogP contribution in [0.4, 0.5) is 14.5 Å². The van der Waals surface area contributed by atoms with E-state index in [-0.39, 0.29) is 22.3 Å². The predicted molar refractivity (Wildman–Crippen MR) is 82.0 cm³/mol. The second-order valence-electron chi connectivity index (χ2n) is 4.87. The van der Waals surface area contributed by atoms with Crippen molar-refractivity contribution in [2.45, 2.75) is 15.7 Å². The molecule has 0 fully saturated rings. The van der Waals surface area contributed by atoms with Crippen LogP contribution in [0.15, 0.2) is 46.2 Å². The van der Waals surface area contributed by atoms with E-state index in [9.17, 15) is 13.0 Å². The van der Waals surface area contributed by atoms with Crippen LogP contribution < -0.4 is 5.73 Å². The Balaban J connectivity index is 1.86. The molecule has 110 valence electrons. The van der Waals surface area contributed by atoms with Crippen molar-refractivity contribution in [2.24, 2.45) is 0 Å². The molecule has 2 atom stereocenters. The number of hydrogen-bond acceptors (Lipinski definition) is 3. The van der Waals surface area contributed by atoms with Crippen LogP contribution in [-0.4, -0.2) is 15.7 Å². The van der Waals surface area contributed by atoms with Gasteiger partial charge in [-0.3, -0.25) is 4.21 Å². The Morgan fingerprint density at radius 1 is 1.24 bits per heavy atom. The summed E-state index contributed by atoms with van der Waals surface area (Å²) in [6, 6.07) is 9.87. The van der Waals surface area contributed by atoms with Gasteiger partial charge in [-0.25, -0.2) is 8.78 Å². The third kappa shape index (κ3) is 2.82. The van der Waals surface area contributed by atoms with E-state index in [0.717, 1.165) is 28.3 Å². The number of thioether (sulfide) groups is 1. The zero-order chi connectivity index (χ0) is 15.0. The average Bonchev–Trinajstić information content (AvgIpc) is 2.81. The maximum absolute atomic E-state index is 13.8. The van der Waals surface area contributed by atoms with E-state index in [1.54, 1.807) is 11.8 Å². The smallest absolute Gasteiger partial charge is 0.144 e. The molecule has 0 radical (unpaired) electrons. The van der Waals surface area contributed by atoms with Gasteiger partial charge in [-0.2, -0.15) is 0 Å². The first-order chi connectivity index (χ1) is 10.1. The molecule has 1 aliphatic heterocycles. The van der Waals surface area contributed by atoms with E-state index in [1.807, 2.05) is 24.3 Å². The van der Waals surface area contributed by atoms with Gasteiger partial charge in [0.05, 0.1) is 10.8 Å². The standard InChI is InChI=1S/C15H13F2NOS2/c16-12-5-10(18)6-13(17)15(12)21(19)8-9-7-20-14-4-2-1-3-11(9)14/h1-6,9H,7-8,18H2. The van der Waals surface area contributed by atoms with Crippen molar-refractivity contribution in [3.63, 3.8) is 0 Å². The van der Waals surface area contributed by atoms with Crippen LogP contribution in [0, 0.1) is 11.6 Å². The molecule has 1 heterocycles. The van der Waals surface area contributed by atoms with Gasteiger partial charge < -0.3 is 5.73 Å². The van der Waals surface area contributed by atoms with Crippen LogP contribution in [0.1, 0.15) is 11.5 Å². The van der Waals surface area contributed by atoms with Gasteiger partial charge >= 0.3 is 0 Å². The molecule has 6 heteroatoms. The Hall–Kier alpha value is -1.40. The fraction of sp³-hybridized carbons (Fsp3) is 0.200. The van der Waals surface area contributed by atoms with E-state index in [0.29, 0.717) is 0 Å². The minimum Gasteiger partial charge on any atom is -0.399 e. The molecule has 3 rings (SSSR count). The highest BCUT2D eigenvalue weighted by molar-refractivity contribution is 7.99. The van der Waals surface area contributed by atoms with Crippen LogP contribution >= 0.6 is 11.8 Å². The summed E-state index contributed by atoms with van der Waals surface area (Å²) in [5, 5.41) is 0. The summed E-state index contributed by atoms with van der Waals surface area (Å²) in [5.41, 5.74) is 6.47. The van der Waals surface area contributed by atoms with Crippen molar-refractivity contribution >= 4 is 28.2 Å². The summed E-state index contributed by atoms with van der Waals surface area (Å²) in [6.07, 6.45) is 0. The minimum absolute atomic E-state index is 0.00693. The Labute approximate surface area is 128 Å². The lowest BCUT2D eigenvalue weighted by atomic mass is 10.0. The van der Waals surface area contributed by atoms with Gasteiger partial charge in [0.25, 0.3) is 0 Å². The van der Waals surface area contributed by atoms with Crippen molar-refractivity contribution in [2.75, 3.05) is 17.2 Å². The highest BCUT2D eigenvalue weighted by Crippen LogP contribution is 2.40. The second-order valence-corrected chi connectivity index (χ2v) is 7.37. The zero-order valence-electron chi connectivity index (χ0n) is 11.0. The van der Waals surface area contributed by atoms with Gasteiger partial charge in [0, 0.05) is 28.0 Å². The molecule has 0 bridgehead atoms. The van der Waals surface area contributed by atoms with Gasteiger partial charge in [-0.05, 0) is 23.8 Å². The molecule has 2 nitrogen and oxygen atoms in total. The quantitative estimate of drug-likeness (QED) is 0.878. The summed E-state index contributed by atoms with van der Waals surface area (Å²) >= 11 is 1.68. The number of benzene rings is 2. The van der Waals surface area contributed by atoms with E-state index in [4.69, 9.17) is 5.73 Å². The maximum atomic E-state index is 13.8. The lowest BCUT2D eigenvalue weighted by molar-refractivity contribution is 0.535. The van der Waals surface area contributed by atoms with Gasteiger partial charge in [0.15, 0.2) is 0 Å². The number of anilines is 1. The molecule has 2 aromatic rings. The topological polar surface area (TPSA) is 43.1 Å². The molecular formula is C15H13F2NOS2. The third-order valence-corrected chi connectivity index (χ3v) is 6.20. The monoisotopic (exact) mass is 325 g/mol. The van der Waals surface area contributed by atoms with Gasteiger partial charge in [0.2, 0.25) is 0 Å². The molecule has 0 saturated carbocycles. The Bertz CT molecular complexity index is 698. The fourth-order valence-electron chi connectivity index (χ4n) is 2.43. The van der Waals surface area contributed by atoms with E-state index >= 15 is 0 Å². The summed E-state index contributed by atoms with van der Waals surface area (Å²) in [4.78, 5) is 0.774. The number of nitrogens with two attached hydrogens (primary N) is 1. The highest BCUT2D eigenvalue weighted by Gasteiger charge is 2.27. The molecule has 0 saturated heterocycles. The summed E-state index contributed by atoms with van der Waals surface area (Å²) in [6.45, 7) is 0. The Morgan fingerprint density at radius 3 is 2.62 bits per heavy atom. The first kappa shape index (κ1) is 14.5. The number of hydrogen-bond donors (Lipinski definition) is 1. The molecule has 0 aromatic heterocycles. The third-order valence-electron chi connectivity index (χ3n) is 3.40. The molecule has 2 unspecified atom stereocenters. The van der Waals surface area contributed by atoms with Crippen LogP contribution in [0.3, 0.4) is 0 Å². The highest BCUT2D eigenvalue weighted by atomic mass is 32.2. The van der Waals surface area contributed by atoms with Crippen LogP contribution in [0.25, 0.3) is 0 Å². The largest absolute Gasteiger partial charge is 0.399 e. The van der Waals surface area contributed by atoms with Crippen molar-refractivity contribution < 1.29 is 13.0 Å². The molecule has 0 spiro atoms. The normalized spacial score (nSPS) is 18.5. The summed E-state index contributed by atoms with van der Waals surface area (Å²) in [7, 11) is -1.73. The van der Waals surface area contributed by atoms with Crippen molar-refractivity contribution in [3.8, 4) is 0 Å². The summed E-state index contributed by atoms with van der Waals surface area (Å²) in [5.74, 6) is -0.650. The molecule has 0 amide bonds. The fourth-order valence-corrected chi connectivity index (χ4v) is 5.22. The van der Waals surface area contributed by atoms with Crippen molar-refractivity contribution in [3.05, 3.63) is 53.6 Å². The van der Waals surface area contributed by atoms with E-state index in [2.05, 4.69) is 0 Å².